The fraction of sp³-hybridized carbons (Fsp3) is 0.581. The van der Waals surface area contributed by atoms with Crippen LogP contribution in [0.3, 0.4) is 0 Å². The van der Waals surface area contributed by atoms with Crippen LogP contribution in [-0.2, 0) is 23.9 Å². The Hall–Kier alpha value is -2.73. The van der Waals surface area contributed by atoms with E-state index in [1.54, 1.807) is 5.57 Å². The van der Waals surface area contributed by atoms with Crippen LogP contribution in [0.4, 0.5) is 5.69 Å². The average molecular weight is 506 g/mol. The van der Waals surface area contributed by atoms with Crippen molar-refractivity contribution in [3.05, 3.63) is 52.6 Å². The summed E-state index contributed by atoms with van der Waals surface area (Å²) < 4.78 is 10.3. The fourth-order valence-electron chi connectivity index (χ4n) is 7.86. The Kier molecular flexibility index (Phi) is 7.14. The predicted octanol–water partition coefficient (Wildman–Crippen LogP) is 5.37. The van der Waals surface area contributed by atoms with Crippen molar-refractivity contribution in [2.45, 2.75) is 64.7 Å². The molecule has 2 fully saturated rings. The van der Waals surface area contributed by atoms with Gasteiger partial charge in [-0.15, -0.1) is 0 Å². The van der Waals surface area contributed by atoms with E-state index in [4.69, 9.17) is 9.47 Å². The molecule has 198 valence electrons. The van der Waals surface area contributed by atoms with Crippen molar-refractivity contribution in [2.24, 2.45) is 23.2 Å². The van der Waals surface area contributed by atoms with Gasteiger partial charge >= 0.3 is 5.97 Å². The minimum Gasteiger partial charge on any atom is -0.439 e. The van der Waals surface area contributed by atoms with E-state index in [0.717, 1.165) is 38.5 Å². The van der Waals surface area contributed by atoms with Gasteiger partial charge in [0.2, 0.25) is 0 Å². The highest BCUT2D eigenvalue weighted by Gasteiger charge is 2.58. The number of benzene rings is 1. The molecule has 6 nitrogen and oxygen atoms in total. The van der Waals surface area contributed by atoms with Crippen molar-refractivity contribution >= 4 is 23.2 Å². The van der Waals surface area contributed by atoms with Crippen LogP contribution in [0.15, 0.2) is 47.1 Å². The van der Waals surface area contributed by atoms with Crippen LogP contribution in [-0.4, -0.2) is 45.0 Å². The molecule has 0 N–H and O–H groups in total. The Morgan fingerprint density at radius 1 is 1.05 bits per heavy atom. The molecular weight excluding hydrogens is 466 g/mol. The lowest BCUT2D eigenvalue weighted by Gasteiger charge is -2.52. The molecule has 0 bridgehead atoms. The number of ether oxygens (including phenoxy) is 2. The molecule has 5 rings (SSSR count). The summed E-state index contributed by atoms with van der Waals surface area (Å²) >= 11 is 0. The van der Waals surface area contributed by atoms with Crippen LogP contribution in [0.25, 0.3) is 0 Å². The van der Waals surface area contributed by atoms with E-state index in [-0.39, 0.29) is 42.2 Å². The third-order valence-electron chi connectivity index (χ3n) is 9.52. The average Bonchev–Trinajstić information content (AvgIpc) is 3.22. The second-order valence-corrected chi connectivity index (χ2v) is 11.8. The number of fused-ring (bicyclic) bond motifs is 4. The van der Waals surface area contributed by atoms with Crippen LogP contribution in [0, 0.1) is 23.2 Å². The minimum atomic E-state index is -0.411. The molecule has 2 saturated carbocycles. The number of nitrogens with zero attached hydrogens (tertiary/aromatic N) is 1. The molecule has 4 aliphatic rings. The van der Waals surface area contributed by atoms with Gasteiger partial charge in [0, 0.05) is 45.0 Å². The molecule has 1 aromatic rings. The van der Waals surface area contributed by atoms with E-state index in [9.17, 15) is 14.4 Å². The van der Waals surface area contributed by atoms with Crippen LogP contribution in [0.1, 0.15) is 70.3 Å². The van der Waals surface area contributed by atoms with E-state index in [0.29, 0.717) is 18.3 Å². The maximum absolute atomic E-state index is 13.4. The van der Waals surface area contributed by atoms with E-state index < -0.39 is 5.97 Å². The number of rotatable bonds is 7. The summed E-state index contributed by atoms with van der Waals surface area (Å²) in [7, 11) is 4.11. The molecule has 0 aliphatic heterocycles. The number of anilines is 1. The number of carbonyl (C=O) groups excluding carboxylic acids is 3. The molecule has 5 atom stereocenters. The molecule has 0 amide bonds. The van der Waals surface area contributed by atoms with Crippen molar-refractivity contribution in [2.75, 3.05) is 32.4 Å². The molecule has 37 heavy (non-hydrogen) atoms. The van der Waals surface area contributed by atoms with Gasteiger partial charge in [0.15, 0.2) is 18.4 Å². The second-order valence-electron chi connectivity index (χ2n) is 11.8. The van der Waals surface area contributed by atoms with Crippen LogP contribution < -0.4 is 4.90 Å². The summed E-state index contributed by atoms with van der Waals surface area (Å²) in [5.41, 5.74) is 6.59. The van der Waals surface area contributed by atoms with Gasteiger partial charge in [0.05, 0.1) is 0 Å². The van der Waals surface area contributed by atoms with E-state index >= 15 is 0 Å². The molecule has 0 aromatic heterocycles. The Balaban J connectivity index is 1.50. The summed E-state index contributed by atoms with van der Waals surface area (Å²) in [4.78, 5) is 38.8. The first-order chi connectivity index (χ1) is 17.7. The Bertz CT molecular complexity index is 1150. The highest BCUT2D eigenvalue weighted by Crippen LogP contribution is 2.65. The van der Waals surface area contributed by atoms with Crippen molar-refractivity contribution in [3.63, 3.8) is 0 Å². The Labute approximate surface area is 220 Å². The van der Waals surface area contributed by atoms with Gasteiger partial charge in [-0.1, -0.05) is 24.6 Å². The number of ketones is 2. The molecular formula is C31H39NO5. The number of allylic oxidation sites excluding steroid dienone is 4. The van der Waals surface area contributed by atoms with Crippen LogP contribution in [0.5, 0.6) is 0 Å². The zero-order chi connectivity index (χ0) is 26.3. The number of hydrogen-bond acceptors (Lipinski definition) is 6. The normalized spacial score (nSPS) is 30.7. The number of esters is 1. The van der Waals surface area contributed by atoms with Gasteiger partial charge < -0.3 is 14.4 Å². The van der Waals surface area contributed by atoms with Crippen LogP contribution in [0.2, 0.25) is 0 Å². The Morgan fingerprint density at radius 3 is 2.51 bits per heavy atom. The molecule has 0 heterocycles. The van der Waals surface area contributed by atoms with Crippen molar-refractivity contribution in [3.8, 4) is 0 Å². The first kappa shape index (κ1) is 25.9. The van der Waals surface area contributed by atoms with Crippen molar-refractivity contribution < 1.29 is 23.9 Å². The van der Waals surface area contributed by atoms with E-state index in [1.807, 2.05) is 6.08 Å². The third-order valence-corrected chi connectivity index (χ3v) is 9.52. The van der Waals surface area contributed by atoms with Gasteiger partial charge in [-0.05, 0) is 90.7 Å². The fourth-order valence-corrected chi connectivity index (χ4v) is 7.86. The topological polar surface area (TPSA) is 72.9 Å². The van der Waals surface area contributed by atoms with Crippen LogP contribution >= 0.6 is 0 Å². The van der Waals surface area contributed by atoms with E-state index in [1.165, 1.54) is 29.3 Å². The number of Topliss-reactive ketones (excluding diaryl/α,β-unsaturated/α-hetero) is 1. The Morgan fingerprint density at radius 2 is 1.81 bits per heavy atom. The molecule has 1 aromatic carbocycles. The zero-order valence-corrected chi connectivity index (χ0v) is 22.5. The van der Waals surface area contributed by atoms with Gasteiger partial charge in [0.1, 0.15) is 6.61 Å². The summed E-state index contributed by atoms with van der Waals surface area (Å²) in [6.07, 6.45) is 8.21. The van der Waals surface area contributed by atoms with Gasteiger partial charge in [-0.2, -0.15) is 0 Å². The second kappa shape index (κ2) is 10.2. The summed E-state index contributed by atoms with van der Waals surface area (Å²) in [5, 5.41) is 0. The quantitative estimate of drug-likeness (QED) is 0.282. The van der Waals surface area contributed by atoms with Crippen molar-refractivity contribution in [1.29, 1.82) is 0 Å². The summed E-state index contributed by atoms with van der Waals surface area (Å²) in [6.45, 7) is 3.47. The summed E-state index contributed by atoms with van der Waals surface area (Å²) in [6, 6.07) is 8.89. The van der Waals surface area contributed by atoms with Crippen molar-refractivity contribution in [1.82, 2.24) is 0 Å². The molecule has 0 saturated heterocycles. The standard InChI is InChI=1S/C31H39NO5/c1-19(33)37-18-36-17-29(35)28-14-13-27-25-11-7-21-15-23(34)10-12-24(21)30(25)26(16-31(27,28)2)20-5-8-22(9-6-20)32(3)4/h5-6,8-9,15,25-28H,7,10-14,16-18H2,1-4H3/t25-,26+,27-,28+,31-/m0/s1. The highest BCUT2D eigenvalue weighted by molar-refractivity contribution is 5.93. The number of carbonyl (C=O) groups is 3. The maximum Gasteiger partial charge on any atom is 0.304 e. The van der Waals surface area contributed by atoms with Gasteiger partial charge in [-0.25, -0.2) is 0 Å². The van der Waals surface area contributed by atoms with Gasteiger partial charge in [-0.3, -0.25) is 14.4 Å². The molecule has 4 aliphatic carbocycles. The molecule has 0 radical (unpaired) electrons. The highest BCUT2D eigenvalue weighted by atomic mass is 16.7. The van der Waals surface area contributed by atoms with Gasteiger partial charge in [0.25, 0.3) is 0 Å². The lowest BCUT2D eigenvalue weighted by Crippen LogP contribution is -2.45. The lowest BCUT2D eigenvalue weighted by molar-refractivity contribution is -0.157. The predicted molar refractivity (Wildman–Crippen MR) is 142 cm³/mol. The third kappa shape index (κ3) is 4.81. The molecule has 0 spiro atoms. The molecule has 6 heteroatoms. The maximum atomic E-state index is 13.4. The zero-order valence-electron chi connectivity index (χ0n) is 22.5. The first-order valence-corrected chi connectivity index (χ1v) is 13.7. The monoisotopic (exact) mass is 505 g/mol. The minimum absolute atomic E-state index is 0.0178. The largest absolute Gasteiger partial charge is 0.439 e. The SMILES string of the molecule is CC(=O)OCOCC(=O)[C@H]1CC[C@H]2[C@@H]3CCC4=CC(=O)CCC4=C3[C@@H](c3ccc(N(C)C)cc3)C[C@]12C. The molecule has 0 unspecified atom stereocenters. The number of hydrogen-bond donors (Lipinski definition) is 0. The first-order valence-electron chi connectivity index (χ1n) is 13.7. The van der Waals surface area contributed by atoms with E-state index in [2.05, 4.69) is 50.2 Å². The smallest absolute Gasteiger partial charge is 0.304 e. The lowest BCUT2D eigenvalue weighted by atomic mass is 9.51. The summed E-state index contributed by atoms with van der Waals surface area (Å²) in [5.74, 6) is 1.04.